The standard InChI is InChI=1S/C19H16FN5O2/c20-15-11-21-19(22-12-15)25-10-9-24(13-17(25)26)18(27)14-3-5-16(6-4-14)23-7-1-2-8-23/h1-8,11-12H,9-10,13H2. The van der Waals surface area contributed by atoms with Crippen LogP contribution in [0.2, 0.25) is 0 Å². The molecule has 1 fully saturated rings. The highest BCUT2D eigenvalue weighted by molar-refractivity contribution is 6.01. The Labute approximate surface area is 154 Å². The largest absolute Gasteiger partial charge is 0.328 e. The molecule has 136 valence electrons. The van der Waals surface area contributed by atoms with Crippen molar-refractivity contribution in [2.75, 3.05) is 24.5 Å². The Hall–Kier alpha value is -3.55. The Balaban J connectivity index is 1.44. The maximum Gasteiger partial charge on any atom is 0.254 e. The smallest absolute Gasteiger partial charge is 0.254 e. The summed E-state index contributed by atoms with van der Waals surface area (Å²) in [6.45, 7) is 0.543. The molecule has 3 aromatic rings. The SMILES string of the molecule is O=C(c1ccc(-n2cccc2)cc1)N1CCN(c2ncc(F)cn2)C(=O)C1. The lowest BCUT2D eigenvalue weighted by Gasteiger charge is -2.33. The van der Waals surface area contributed by atoms with E-state index in [0.29, 0.717) is 12.1 Å². The van der Waals surface area contributed by atoms with Gasteiger partial charge in [0.1, 0.15) is 6.54 Å². The second kappa shape index (κ2) is 6.99. The number of aromatic nitrogens is 3. The van der Waals surface area contributed by atoms with Gasteiger partial charge in [-0.05, 0) is 36.4 Å². The van der Waals surface area contributed by atoms with Crippen LogP contribution in [0.1, 0.15) is 10.4 Å². The van der Waals surface area contributed by atoms with Crippen LogP contribution in [-0.2, 0) is 4.79 Å². The first-order valence-corrected chi connectivity index (χ1v) is 8.42. The van der Waals surface area contributed by atoms with Gasteiger partial charge in [0.05, 0.1) is 12.4 Å². The maximum absolute atomic E-state index is 12.9. The summed E-state index contributed by atoms with van der Waals surface area (Å²) in [5.74, 6) is -0.930. The van der Waals surface area contributed by atoms with Crippen LogP contribution in [0.5, 0.6) is 0 Å². The van der Waals surface area contributed by atoms with Crippen LogP contribution in [0, 0.1) is 5.82 Å². The highest BCUT2D eigenvalue weighted by atomic mass is 19.1. The molecular weight excluding hydrogens is 349 g/mol. The van der Waals surface area contributed by atoms with Gasteiger partial charge in [0.2, 0.25) is 11.9 Å². The first kappa shape index (κ1) is 16.9. The number of piperazine rings is 1. The highest BCUT2D eigenvalue weighted by Crippen LogP contribution is 2.16. The number of hydrogen-bond donors (Lipinski definition) is 0. The minimum atomic E-state index is -0.566. The molecule has 3 heterocycles. The molecule has 1 saturated heterocycles. The van der Waals surface area contributed by atoms with E-state index in [1.54, 1.807) is 12.1 Å². The quantitative estimate of drug-likeness (QED) is 0.711. The first-order valence-electron chi connectivity index (χ1n) is 8.42. The number of rotatable bonds is 3. The highest BCUT2D eigenvalue weighted by Gasteiger charge is 2.29. The van der Waals surface area contributed by atoms with E-state index in [1.165, 1.54) is 9.80 Å². The van der Waals surface area contributed by atoms with Crippen molar-refractivity contribution in [3.05, 3.63) is 72.6 Å². The number of halogens is 1. The maximum atomic E-state index is 12.9. The Morgan fingerprint density at radius 2 is 1.67 bits per heavy atom. The molecular formula is C19H16FN5O2. The van der Waals surface area contributed by atoms with Crippen LogP contribution >= 0.6 is 0 Å². The van der Waals surface area contributed by atoms with Crippen molar-refractivity contribution in [2.45, 2.75) is 0 Å². The molecule has 4 rings (SSSR count). The lowest BCUT2D eigenvalue weighted by Crippen LogP contribution is -2.52. The van der Waals surface area contributed by atoms with Crippen molar-refractivity contribution in [2.24, 2.45) is 0 Å². The van der Waals surface area contributed by atoms with Gasteiger partial charge in [0.15, 0.2) is 5.82 Å². The van der Waals surface area contributed by atoms with Gasteiger partial charge in [-0.2, -0.15) is 0 Å². The molecule has 1 aliphatic heterocycles. The summed E-state index contributed by atoms with van der Waals surface area (Å²) >= 11 is 0. The van der Waals surface area contributed by atoms with Crippen LogP contribution in [0.3, 0.4) is 0 Å². The molecule has 7 nitrogen and oxygen atoms in total. The van der Waals surface area contributed by atoms with Crippen molar-refractivity contribution in [1.29, 1.82) is 0 Å². The summed E-state index contributed by atoms with van der Waals surface area (Å²) in [4.78, 5) is 35.6. The molecule has 0 saturated carbocycles. The van der Waals surface area contributed by atoms with E-state index >= 15 is 0 Å². The fourth-order valence-electron chi connectivity index (χ4n) is 2.97. The predicted molar refractivity (Wildman–Crippen MR) is 96.0 cm³/mol. The summed E-state index contributed by atoms with van der Waals surface area (Å²) in [5, 5.41) is 0. The van der Waals surface area contributed by atoms with Gasteiger partial charge in [-0.3, -0.25) is 14.5 Å². The van der Waals surface area contributed by atoms with Crippen molar-refractivity contribution in [1.82, 2.24) is 19.4 Å². The average molecular weight is 365 g/mol. The van der Waals surface area contributed by atoms with Crippen LogP contribution in [0.25, 0.3) is 5.69 Å². The van der Waals surface area contributed by atoms with Gasteiger partial charge in [-0.25, -0.2) is 14.4 Å². The molecule has 0 radical (unpaired) electrons. The normalized spacial score (nSPS) is 14.5. The number of hydrogen-bond acceptors (Lipinski definition) is 4. The van der Waals surface area contributed by atoms with Crippen molar-refractivity contribution in [3.63, 3.8) is 0 Å². The molecule has 1 aromatic carbocycles. The van der Waals surface area contributed by atoms with E-state index in [-0.39, 0.29) is 30.9 Å². The van der Waals surface area contributed by atoms with Crippen molar-refractivity contribution in [3.8, 4) is 5.69 Å². The van der Waals surface area contributed by atoms with E-state index in [4.69, 9.17) is 0 Å². The molecule has 1 aliphatic rings. The summed E-state index contributed by atoms with van der Waals surface area (Å²) in [7, 11) is 0. The number of benzene rings is 1. The van der Waals surface area contributed by atoms with Crippen molar-refractivity contribution >= 4 is 17.8 Å². The number of anilines is 1. The number of nitrogens with zero attached hydrogens (tertiary/aromatic N) is 5. The summed E-state index contributed by atoms with van der Waals surface area (Å²) in [5.41, 5.74) is 1.47. The van der Waals surface area contributed by atoms with Crippen LogP contribution < -0.4 is 4.90 Å². The molecule has 0 N–H and O–H groups in total. The molecule has 0 unspecified atom stereocenters. The molecule has 0 bridgehead atoms. The summed E-state index contributed by atoms with van der Waals surface area (Å²) in [6, 6.07) is 11.1. The predicted octanol–water partition coefficient (Wildman–Crippen LogP) is 1.90. The lowest BCUT2D eigenvalue weighted by molar-refractivity contribution is -0.120. The topological polar surface area (TPSA) is 71.3 Å². The zero-order valence-electron chi connectivity index (χ0n) is 14.3. The second-order valence-corrected chi connectivity index (χ2v) is 6.11. The van der Waals surface area contributed by atoms with E-state index in [9.17, 15) is 14.0 Å². The Morgan fingerprint density at radius 1 is 1.00 bits per heavy atom. The fraction of sp³-hybridized carbons (Fsp3) is 0.158. The molecule has 0 aliphatic carbocycles. The first-order chi connectivity index (χ1) is 13.1. The van der Waals surface area contributed by atoms with Gasteiger partial charge in [0, 0.05) is 36.7 Å². The Morgan fingerprint density at radius 3 is 2.30 bits per heavy atom. The zero-order valence-corrected chi connectivity index (χ0v) is 14.3. The summed E-state index contributed by atoms with van der Waals surface area (Å²) < 4.78 is 14.9. The van der Waals surface area contributed by atoms with E-state index in [2.05, 4.69) is 9.97 Å². The van der Waals surface area contributed by atoms with Crippen LogP contribution in [0.4, 0.5) is 10.3 Å². The van der Waals surface area contributed by atoms with Crippen LogP contribution in [-0.4, -0.2) is 50.9 Å². The van der Waals surface area contributed by atoms with E-state index in [0.717, 1.165) is 18.1 Å². The number of amides is 2. The minimum absolute atomic E-state index is 0.0705. The van der Waals surface area contributed by atoms with E-state index < -0.39 is 5.82 Å². The van der Waals surface area contributed by atoms with Crippen LogP contribution in [0.15, 0.2) is 61.2 Å². The lowest BCUT2D eigenvalue weighted by atomic mass is 10.1. The van der Waals surface area contributed by atoms with Gasteiger partial charge in [0.25, 0.3) is 5.91 Å². The van der Waals surface area contributed by atoms with Gasteiger partial charge < -0.3 is 9.47 Å². The zero-order chi connectivity index (χ0) is 18.8. The molecule has 8 heteroatoms. The average Bonchev–Trinajstić information content (AvgIpc) is 3.23. The van der Waals surface area contributed by atoms with Gasteiger partial charge in [-0.1, -0.05) is 0 Å². The van der Waals surface area contributed by atoms with E-state index in [1.807, 2.05) is 41.2 Å². The van der Waals surface area contributed by atoms with Gasteiger partial charge in [-0.15, -0.1) is 0 Å². The molecule has 2 amide bonds. The third-order valence-corrected chi connectivity index (χ3v) is 4.37. The Kier molecular flexibility index (Phi) is 4.37. The fourth-order valence-corrected chi connectivity index (χ4v) is 2.97. The van der Waals surface area contributed by atoms with Gasteiger partial charge >= 0.3 is 0 Å². The minimum Gasteiger partial charge on any atom is -0.328 e. The number of carbonyl (C=O) groups is 2. The molecule has 0 spiro atoms. The third kappa shape index (κ3) is 3.41. The molecule has 0 atom stereocenters. The van der Waals surface area contributed by atoms with Crippen molar-refractivity contribution < 1.29 is 14.0 Å². The monoisotopic (exact) mass is 365 g/mol. The molecule has 2 aromatic heterocycles. The third-order valence-electron chi connectivity index (χ3n) is 4.37. The summed E-state index contributed by atoms with van der Waals surface area (Å²) in [6.07, 6.45) is 5.87. The number of carbonyl (C=O) groups excluding carboxylic acids is 2. The molecule has 27 heavy (non-hydrogen) atoms. The second-order valence-electron chi connectivity index (χ2n) is 6.11. The Bertz CT molecular complexity index is 955.